The van der Waals surface area contributed by atoms with Crippen molar-refractivity contribution in [2.75, 3.05) is 5.88 Å². The van der Waals surface area contributed by atoms with Crippen LogP contribution in [0.3, 0.4) is 0 Å². The molecule has 0 aliphatic carbocycles. The molecule has 1 atom stereocenters. The average molecular weight is 232 g/mol. The molecule has 1 aromatic heterocycles. The van der Waals surface area contributed by atoms with Crippen LogP contribution >= 0.6 is 22.9 Å². The first-order chi connectivity index (χ1) is 6.43. The molecule has 3 heteroatoms. The second-order valence-electron chi connectivity index (χ2n) is 4.78. The van der Waals surface area contributed by atoms with Crippen LogP contribution < -0.4 is 0 Å². The van der Waals surface area contributed by atoms with Crippen molar-refractivity contribution < 1.29 is 0 Å². The molecule has 0 amide bonds. The molecule has 0 N–H and O–H groups in total. The van der Waals surface area contributed by atoms with E-state index in [9.17, 15) is 0 Å². The first-order valence-electron chi connectivity index (χ1n) is 4.90. The van der Waals surface area contributed by atoms with E-state index in [1.807, 2.05) is 6.92 Å². The zero-order valence-corrected chi connectivity index (χ0v) is 10.9. The number of nitrogens with zero attached hydrogens (tertiary/aromatic N) is 1. The minimum Gasteiger partial charge on any atom is -0.247 e. The molecule has 0 radical (unpaired) electrons. The summed E-state index contributed by atoms with van der Waals surface area (Å²) in [5.74, 6) is 1.21. The number of hydrogen-bond donors (Lipinski definition) is 0. The Balaban J connectivity index is 2.66. The zero-order chi connectivity index (χ0) is 10.8. The lowest BCUT2D eigenvalue weighted by molar-refractivity contribution is 0.262. The lowest BCUT2D eigenvalue weighted by atomic mass is 9.79. The standard InChI is InChI=1S/C11H18ClNS/c1-8-13-10(7-14-8)5-9(6-12)11(2,3)4/h7,9H,5-6H2,1-4H3. The van der Waals surface area contributed by atoms with Gasteiger partial charge in [-0.2, -0.15) is 0 Å². The van der Waals surface area contributed by atoms with Crippen molar-refractivity contribution in [3.8, 4) is 0 Å². The van der Waals surface area contributed by atoms with E-state index in [2.05, 4.69) is 31.1 Å². The minimum atomic E-state index is 0.263. The van der Waals surface area contributed by atoms with Crippen molar-refractivity contribution in [2.24, 2.45) is 11.3 Å². The highest BCUT2D eigenvalue weighted by molar-refractivity contribution is 7.09. The van der Waals surface area contributed by atoms with E-state index in [4.69, 9.17) is 11.6 Å². The maximum atomic E-state index is 5.98. The summed E-state index contributed by atoms with van der Waals surface area (Å²) in [6.45, 7) is 8.75. The predicted molar refractivity (Wildman–Crippen MR) is 64.2 cm³/mol. The Bertz CT molecular complexity index is 288. The van der Waals surface area contributed by atoms with Crippen LogP contribution in [0.25, 0.3) is 0 Å². The lowest BCUT2D eigenvalue weighted by Gasteiger charge is -2.28. The van der Waals surface area contributed by atoms with E-state index in [0.29, 0.717) is 11.8 Å². The molecule has 0 aromatic carbocycles. The summed E-state index contributed by atoms with van der Waals surface area (Å²) in [7, 11) is 0. The molecule has 0 aliphatic heterocycles. The van der Waals surface area contributed by atoms with E-state index in [1.165, 1.54) is 5.69 Å². The van der Waals surface area contributed by atoms with Gasteiger partial charge in [-0.15, -0.1) is 22.9 Å². The Morgan fingerprint density at radius 2 is 2.14 bits per heavy atom. The summed E-state index contributed by atoms with van der Waals surface area (Å²) in [5, 5.41) is 3.28. The summed E-state index contributed by atoms with van der Waals surface area (Å²) in [6.07, 6.45) is 0.997. The van der Waals surface area contributed by atoms with Gasteiger partial charge in [0, 0.05) is 11.3 Å². The van der Waals surface area contributed by atoms with Crippen molar-refractivity contribution in [1.29, 1.82) is 0 Å². The lowest BCUT2D eigenvalue weighted by Crippen LogP contribution is -2.24. The molecule has 0 saturated heterocycles. The number of alkyl halides is 1. The second-order valence-corrected chi connectivity index (χ2v) is 6.15. The number of halogens is 1. The van der Waals surface area contributed by atoms with E-state index in [-0.39, 0.29) is 5.41 Å². The summed E-state index contributed by atoms with van der Waals surface area (Å²) in [4.78, 5) is 4.47. The van der Waals surface area contributed by atoms with Crippen LogP contribution in [0.1, 0.15) is 31.5 Å². The van der Waals surface area contributed by atoms with E-state index >= 15 is 0 Å². The number of aryl methyl sites for hydroxylation is 1. The molecule has 1 heterocycles. The Kier molecular flexibility index (Phi) is 3.96. The third-order valence-electron chi connectivity index (χ3n) is 2.53. The average Bonchev–Trinajstić information content (AvgIpc) is 2.45. The fraction of sp³-hybridized carbons (Fsp3) is 0.727. The number of rotatable bonds is 3. The molecular formula is C11H18ClNS. The van der Waals surface area contributed by atoms with Gasteiger partial charge in [-0.05, 0) is 24.7 Å². The van der Waals surface area contributed by atoms with Gasteiger partial charge in [0.15, 0.2) is 0 Å². The topological polar surface area (TPSA) is 12.9 Å². The Labute approximate surface area is 95.5 Å². The SMILES string of the molecule is Cc1nc(CC(CCl)C(C)(C)C)cs1. The van der Waals surface area contributed by atoms with Crippen molar-refractivity contribution in [2.45, 2.75) is 34.1 Å². The van der Waals surface area contributed by atoms with E-state index in [0.717, 1.165) is 11.4 Å². The monoisotopic (exact) mass is 231 g/mol. The predicted octanol–water partition coefficient (Wildman–Crippen LogP) is 3.90. The molecule has 0 aliphatic rings. The minimum absolute atomic E-state index is 0.263. The van der Waals surface area contributed by atoms with Crippen LogP contribution in [0.15, 0.2) is 5.38 Å². The van der Waals surface area contributed by atoms with E-state index < -0.39 is 0 Å². The van der Waals surface area contributed by atoms with Crippen LogP contribution in [0.4, 0.5) is 0 Å². The van der Waals surface area contributed by atoms with Crippen molar-refractivity contribution >= 4 is 22.9 Å². The summed E-state index contributed by atoms with van der Waals surface area (Å²) in [5.41, 5.74) is 1.45. The van der Waals surface area contributed by atoms with Crippen LogP contribution in [0.5, 0.6) is 0 Å². The number of hydrogen-bond acceptors (Lipinski definition) is 2. The third-order valence-corrected chi connectivity index (χ3v) is 3.73. The molecule has 0 fully saturated rings. The molecule has 1 unspecified atom stereocenters. The first kappa shape index (κ1) is 12.0. The highest BCUT2D eigenvalue weighted by atomic mass is 35.5. The summed E-state index contributed by atoms with van der Waals surface area (Å²) < 4.78 is 0. The second kappa shape index (κ2) is 4.63. The molecule has 14 heavy (non-hydrogen) atoms. The zero-order valence-electron chi connectivity index (χ0n) is 9.30. The van der Waals surface area contributed by atoms with Gasteiger partial charge in [0.25, 0.3) is 0 Å². The molecule has 0 saturated carbocycles. The summed E-state index contributed by atoms with van der Waals surface area (Å²) in [6, 6.07) is 0. The van der Waals surface area contributed by atoms with Gasteiger partial charge in [-0.1, -0.05) is 20.8 Å². The summed E-state index contributed by atoms with van der Waals surface area (Å²) >= 11 is 7.70. The van der Waals surface area contributed by atoms with Gasteiger partial charge in [0.1, 0.15) is 0 Å². The van der Waals surface area contributed by atoms with Crippen LogP contribution in [-0.2, 0) is 6.42 Å². The Morgan fingerprint density at radius 3 is 2.50 bits per heavy atom. The van der Waals surface area contributed by atoms with E-state index in [1.54, 1.807) is 11.3 Å². The fourth-order valence-electron chi connectivity index (χ4n) is 1.35. The van der Waals surface area contributed by atoms with Crippen molar-refractivity contribution in [3.63, 3.8) is 0 Å². The van der Waals surface area contributed by atoms with Crippen molar-refractivity contribution in [1.82, 2.24) is 4.98 Å². The quantitative estimate of drug-likeness (QED) is 0.720. The van der Waals surface area contributed by atoms with Gasteiger partial charge < -0.3 is 0 Å². The van der Waals surface area contributed by atoms with Gasteiger partial charge in [0.05, 0.1) is 10.7 Å². The highest BCUT2D eigenvalue weighted by Gasteiger charge is 2.24. The first-order valence-corrected chi connectivity index (χ1v) is 6.32. The third kappa shape index (κ3) is 3.25. The van der Waals surface area contributed by atoms with Crippen molar-refractivity contribution in [3.05, 3.63) is 16.1 Å². The van der Waals surface area contributed by atoms with Gasteiger partial charge in [-0.3, -0.25) is 0 Å². The maximum Gasteiger partial charge on any atom is 0.0897 e. The van der Waals surface area contributed by atoms with Crippen LogP contribution in [-0.4, -0.2) is 10.9 Å². The molecule has 80 valence electrons. The molecule has 0 bridgehead atoms. The smallest absolute Gasteiger partial charge is 0.0897 e. The van der Waals surface area contributed by atoms with Gasteiger partial charge >= 0.3 is 0 Å². The molecule has 1 nitrogen and oxygen atoms in total. The Morgan fingerprint density at radius 1 is 1.50 bits per heavy atom. The fourth-order valence-corrected chi connectivity index (χ4v) is 2.54. The number of thiazole rings is 1. The number of aromatic nitrogens is 1. The normalized spacial score (nSPS) is 14.4. The van der Waals surface area contributed by atoms with Crippen LogP contribution in [0, 0.1) is 18.3 Å². The van der Waals surface area contributed by atoms with Gasteiger partial charge in [-0.25, -0.2) is 4.98 Å². The highest BCUT2D eigenvalue weighted by Crippen LogP contribution is 2.30. The van der Waals surface area contributed by atoms with Gasteiger partial charge in [0.2, 0.25) is 0 Å². The van der Waals surface area contributed by atoms with Crippen LogP contribution in [0.2, 0.25) is 0 Å². The Hall–Kier alpha value is -0.0800. The molecular weight excluding hydrogens is 214 g/mol. The maximum absolute atomic E-state index is 5.98. The molecule has 1 rings (SSSR count). The molecule has 1 aromatic rings. The molecule has 0 spiro atoms. The largest absolute Gasteiger partial charge is 0.247 e.